The molecule has 1 N–H and O–H groups in total. The monoisotopic (exact) mass is 451 g/mol. The highest BCUT2D eigenvalue weighted by molar-refractivity contribution is 7.15. The van der Waals surface area contributed by atoms with Crippen LogP contribution in [-0.2, 0) is 17.6 Å². The summed E-state index contributed by atoms with van der Waals surface area (Å²) in [7, 11) is 4.39. The van der Waals surface area contributed by atoms with E-state index >= 15 is 0 Å². The third-order valence-electron chi connectivity index (χ3n) is 5.71. The second kappa shape index (κ2) is 9.44. The van der Waals surface area contributed by atoms with Gasteiger partial charge in [-0.05, 0) is 60.6 Å². The first-order chi connectivity index (χ1) is 15.5. The normalized spacial score (nSPS) is 12.6. The minimum absolute atomic E-state index is 0.352. The van der Waals surface area contributed by atoms with Gasteiger partial charge >= 0.3 is 5.97 Å². The number of esters is 1. The Morgan fingerprint density at radius 3 is 2.38 bits per heavy atom. The van der Waals surface area contributed by atoms with Gasteiger partial charge in [0.15, 0.2) is 11.5 Å². The molecule has 0 radical (unpaired) electrons. The average Bonchev–Trinajstić information content (AvgIpc) is 3.26. The van der Waals surface area contributed by atoms with Crippen molar-refractivity contribution in [2.45, 2.75) is 25.7 Å². The Morgan fingerprint density at radius 1 is 0.906 bits per heavy atom. The van der Waals surface area contributed by atoms with Crippen LogP contribution >= 0.6 is 11.3 Å². The van der Waals surface area contributed by atoms with Gasteiger partial charge in [0.05, 0.1) is 21.3 Å². The highest BCUT2D eigenvalue weighted by Crippen LogP contribution is 2.38. The molecule has 0 bridgehead atoms. The summed E-state index contributed by atoms with van der Waals surface area (Å²) < 4.78 is 15.6. The Bertz CT molecular complexity index is 1170. The van der Waals surface area contributed by atoms with Crippen LogP contribution in [0.4, 0.5) is 5.00 Å². The third-order valence-corrected chi connectivity index (χ3v) is 6.61. The van der Waals surface area contributed by atoms with Crippen LogP contribution in [0.1, 0.15) is 44.7 Å². The number of benzene rings is 2. The number of fused-ring (bicyclic) bond motifs is 1. The number of carbonyl (C=O) groups is 2. The highest BCUT2D eigenvalue weighted by Gasteiger charge is 2.24. The van der Waals surface area contributed by atoms with E-state index in [-0.39, 0.29) is 5.91 Å². The molecule has 0 saturated carbocycles. The number of thiophene rings is 1. The molecule has 166 valence electrons. The van der Waals surface area contributed by atoms with Crippen molar-refractivity contribution < 1.29 is 23.8 Å². The number of aryl methyl sites for hydroxylation is 2. The van der Waals surface area contributed by atoms with E-state index in [4.69, 9.17) is 14.2 Å². The van der Waals surface area contributed by atoms with Gasteiger partial charge in [-0.25, -0.2) is 4.79 Å². The predicted molar refractivity (Wildman–Crippen MR) is 125 cm³/mol. The molecule has 0 saturated heterocycles. The van der Waals surface area contributed by atoms with E-state index in [1.54, 1.807) is 18.2 Å². The van der Waals surface area contributed by atoms with Crippen molar-refractivity contribution in [3.63, 3.8) is 0 Å². The summed E-state index contributed by atoms with van der Waals surface area (Å²) in [6.45, 7) is 0. The molecule has 0 atom stereocenters. The molecule has 1 aliphatic rings. The van der Waals surface area contributed by atoms with E-state index in [1.165, 1.54) is 56.6 Å². The van der Waals surface area contributed by atoms with Crippen LogP contribution in [-0.4, -0.2) is 33.2 Å². The minimum Gasteiger partial charge on any atom is -0.493 e. The second-order valence-corrected chi connectivity index (χ2v) is 8.44. The molecule has 1 heterocycles. The zero-order valence-electron chi connectivity index (χ0n) is 18.3. The smallest absolute Gasteiger partial charge is 0.341 e. The Labute approximate surface area is 191 Å². The van der Waals surface area contributed by atoms with Crippen molar-refractivity contribution in [3.05, 3.63) is 64.0 Å². The first kappa shape index (κ1) is 21.9. The lowest BCUT2D eigenvalue weighted by molar-refractivity contribution is 0.0603. The number of anilines is 1. The molecular formula is C25H25NO5S. The lowest BCUT2D eigenvalue weighted by Gasteiger charge is -2.17. The summed E-state index contributed by atoms with van der Waals surface area (Å²) in [5, 5.41) is 5.20. The van der Waals surface area contributed by atoms with Gasteiger partial charge in [-0.3, -0.25) is 4.79 Å². The van der Waals surface area contributed by atoms with Crippen molar-refractivity contribution in [1.29, 1.82) is 0 Å². The molecule has 32 heavy (non-hydrogen) atoms. The standard InChI is InChI=1S/C25H25NO5S/c1-29-20-11-10-18(13-21(20)30-2)23(27)26-24-22(25(28)31-3)19(14-32-24)17-9-8-15-6-4-5-7-16(15)12-17/h8-14H,4-7H2,1-3H3,(H,26,27). The lowest BCUT2D eigenvalue weighted by Crippen LogP contribution is -2.14. The number of methoxy groups -OCH3 is 3. The Balaban J connectivity index is 1.67. The van der Waals surface area contributed by atoms with E-state index in [1.807, 2.05) is 11.4 Å². The van der Waals surface area contributed by atoms with Gasteiger partial charge in [0, 0.05) is 16.5 Å². The van der Waals surface area contributed by atoms with E-state index in [0.29, 0.717) is 27.6 Å². The Hall–Kier alpha value is -3.32. The van der Waals surface area contributed by atoms with Gasteiger partial charge in [-0.1, -0.05) is 18.2 Å². The molecule has 6 nitrogen and oxygen atoms in total. The van der Waals surface area contributed by atoms with E-state index in [9.17, 15) is 9.59 Å². The van der Waals surface area contributed by atoms with Gasteiger partial charge in [0.2, 0.25) is 0 Å². The van der Waals surface area contributed by atoms with E-state index in [2.05, 4.69) is 17.4 Å². The molecule has 1 amide bonds. The summed E-state index contributed by atoms with van der Waals surface area (Å²) in [5.41, 5.74) is 5.17. The van der Waals surface area contributed by atoms with Crippen molar-refractivity contribution in [2.75, 3.05) is 26.6 Å². The molecule has 7 heteroatoms. The van der Waals surface area contributed by atoms with Crippen LogP contribution in [0.3, 0.4) is 0 Å². The molecule has 1 aliphatic carbocycles. The van der Waals surface area contributed by atoms with Crippen molar-refractivity contribution in [1.82, 2.24) is 0 Å². The number of carbonyl (C=O) groups excluding carboxylic acids is 2. The fourth-order valence-electron chi connectivity index (χ4n) is 4.02. The lowest BCUT2D eigenvalue weighted by atomic mass is 9.89. The van der Waals surface area contributed by atoms with Crippen molar-refractivity contribution >= 4 is 28.2 Å². The minimum atomic E-state index is -0.485. The van der Waals surface area contributed by atoms with Crippen LogP contribution < -0.4 is 14.8 Å². The summed E-state index contributed by atoms with van der Waals surface area (Å²) in [5.74, 6) is 0.149. The highest BCUT2D eigenvalue weighted by atomic mass is 32.1. The molecule has 0 aliphatic heterocycles. The zero-order chi connectivity index (χ0) is 22.7. The van der Waals surface area contributed by atoms with Gasteiger partial charge < -0.3 is 19.5 Å². The average molecular weight is 452 g/mol. The van der Waals surface area contributed by atoms with Crippen LogP contribution in [0.2, 0.25) is 0 Å². The van der Waals surface area contributed by atoms with E-state index in [0.717, 1.165) is 24.0 Å². The van der Waals surface area contributed by atoms with Gasteiger partial charge in [0.1, 0.15) is 10.6 Å². The molecule has 3 aromatic rings. The first-order valence-electron chi connectivity index (χ1n) is 10.4. The van der Waals surface area contributed by atoms with E-state index < -0.39 is 5.97 Å². The Morgan fingerprint density at radius 2 is 1.66 bits per heavy atom. The van der Waals surface area contributed by atoms with Gasteiger partial charge in [-0.15, -0.1) is 11.3 Å². The van der Waals surface area contributed by atoms with Crippen LogP contribution in [0.15, 0.2) is 41.8 Å². The van der Waals surface area contributed by atoms with Crippen LogP contribution in [0.5, 0.6) is 11.5 Å². The van der Waals surface area contributed by atoms with Crippen molar-refractivity contribution in [3.8, 4) is 22.6 Å². The number of hydrogen-bond acceptors (Lipinski definition) is 6. The van der Waals surface area contributed by atoms with Gasteiger partial charge in [0.25, 0.3) is 5.91 Å². The summed E-state index contributed by atoms with van der Waals surface area (Å²) in [4.78, 5) is 25.6. The van der Waals surface area contributed by atoms with Crippen LogP contribution in [0, 0.1) is 0 Å². The largest absolute Gasteiger partial charge is 0.493 e. The fourth-order valence-corrected chi connectivity index (χ4v) is 4.97. The summed E-state index contributed by atoms with van der Waals surface area (Å²) in [6.07, 6.45) is 4.53. The number of nitrogens with one attached hydrogen (secondary N) is 1. The molecule has 0 spiro atoms. The summed E-state index contributed by atoms with van der Waals surface area (Å²) in [6, 6.07) is 11.3. The number of hydrogen-bond donors (Lipinski definition) is 1. The topological polar surface area (TPSA) is 73.9 Å². The predicted octanol–water partition coefficient (Wildman–Crippen LogP) is 5.35. The fraction of sp³-hybridized carbons (Fsp3) is 0.280. The Kier molecular flexibility index (Phi) is 6.46. The molecule has 1 aromatic heterocycles. The van der Waals surface area contributed by atoms with Crippen molar-refractivity contribution in [2.24, 2.45) is 0 Å². The number of amides is 1. The molecule has 2 aromatic carbocycles. The summed E-state index contributed by atoms with van der Waals surface area (Å²) >= 11 is 1.30. The molecule has 0 fully saturated rings. The quantitative estimate of drug-likeness (QED) is 0.512. The zero-order valence-corrected chi connectivity index (χ0v) is 19.1. The van der Waals surface area contributed by atoms with Crippen LogP contribution in [0.25, 0.3) is 11.1 Å². The maximum absolute atomic E-state index is 12.9. The molecular weight excluding hydrogens is 426 g/mol. The SMILES string of the molecule is COC(=O)c1c(-c2ccc3c(c2)CCCC3)csc1NC(=O)c1ccc(OC)c(OC)c1. The van der Waals surface area contributed by atoms with Gasteiger partial charge in [-0.2, -0.15) is 0 Å². The maximum atomic E-state index is 12.9. The first-order valence-corrected chi connectivity index (χ1v) is 11.3. The molecule has 0 unspecified atom stereocenters. The maximum Gasteiger partial charge on any atom is 0.341 e. The number of ether oxygens (including phenoxy) is 3. The second-order valence-electron chi connectivity index (χ2n) is 7.56. The number of rotatable bonds is 6. The third kappa shape index (κ3) is 4.21. The molecule has 4 rings (SSSR count).